The molecule has 1 unspecified atom stereocenters. The molecule has 0 radical (unpaired) electrons. The van der Waals surface area contributed by atoms with Crippen LogP contribution >= 0.6 is 0 Å². The van der Waals surface area contributed by atoms with E-state index in [2.05, 4.69) is 17.1 Å². The molecule has 1 aliphatic heterocycles. The van der Waals surface area contributed by atoms with E-state index in [1.54, 1.807) is 19.2 Å². The molecule has 0 fully saturated rings. The number of methoxy groups -OCH3 is 2. The first-order valence-corrected chi connectivity index (χ1v) is 8.86. The molecule has 0 amide bonds. The van der Waals surface area contributed by atoms with Crippen LogP contribution in [0.4, 0.5) is 11.7 Å². The van der Waals surface area contributed by atoms with Crippen molar-refractivity contribution in [3.05, 3.63) is 59.5 Å². The summed E-state index contributed by atoms with van der Waals surface area (Å²) in [4.78, 5) is 0. The quantitative estimate of drug-likeness (QED) is 0.696. The van der Waals surface area contributed by atoms with E-state index in [0.29, 0.717) is 29.6 Å². The van der Waals surface area contributed by atoms with E-state index in [9.17, 15) is 0 Å². The monoisotopic (exact) mass is 379 g/mol. The van der Waals surface area contributed by atoms with Gasteiger partial charge in [-0.3, -0.25) is 0 Å². The van der Waals surface area contributed by atoms with Crippen LogP contribution in [0.25, 0.3) is 0 Å². The second kappa shape index (κ2) is 7.22. The lowest BCUT2D eigenvalue weighted by molar-refractivity contribution is 0.354. The molecule has 0 saturated carbocycles. The van der Waals surface area contributed by atoms with Gasteiger partial charge in [0, 0.05) is 16.8 Å². The minimum absolute atomic E-state index is 0.0106. The molecule has 4 rings (SSSR count). The Kier molecular flexibility index (Phi) is 4.60. The third-order valence-corrected chi connectivity index (χ3v) is 4.73. The van der Waals surface area contributed by atoms with Crippen molar-refractivity contribution >= 4 is 17.4 Å². The van der Waals surface area contributed by atoms with Gasteiger partial charge in [0.15, 0.2) is 11.5 Å². The maximum absolute atomic E-state index is 5.87. The molecule has 0 spiro atoms. The normalized spacial score (nSPS) is 16.2. The molecule has 0 bridgehead atoms. The molecule has 1 aliphatic rings. The molecule has 0 aliphatic carbocycles. The fourth-order valence-electron chi connectivity index (χ4n) is 3.33. The van der Waals surface area contributed by atoms with Gasteiger partial charge in [-0.1, -0.05) is 17.2 Å². The van der Waals surface area contributed by atoms with Gasteiger partial charge in [0.05, 0.1) is 26.0 Å². The predicted molar refractivity (Wildman–Crippen MR) is 106 cm³/mol. The molecule has 2 N–H and O–H groups in total. The van der Waals surface area contributed by atoms with Crippen LogP contribution in [0.3, 0.4) is 0 Å². The van der Waals surface area contributed by atoms with Crippen LogP contribution in [0, 0.1) is 0 Å². The van der Waals surface area contributed by atoms with Crippen molar-refractivity contribution in [1.29, 1.82) is 0 Å². The number of nitrogens with zero attached hydrogens (tertiary/aromatic N) is 4. The third-order valence-electron chi connectivity index (χ3n) is 4.73. The Morgan fingerprint density at radius 2 is 1.82 bits per heavy atom. The molecule has 8 nitrogen and oxygen atoms in total. The summed E-state index contributed by atoms with van der Waals surface area (Å²) in [5, 5.41) is 14.5. The molecular weight excluding hydrogens is 358 g/mol. The zero-order chi connectivity index (χ0) is 19.7. The summed E-state index contributed by atoms with van der Waals surface area (Å²) in [6, 6.07) is 11.9. The van der Waals surface area contributed by atoms with Gasteiger partial charge in [0.25, 0.3) is 0 Å². The van der Waals surface area contributed by atoms with Gasteiger partial charge in [-0.25, -0.2) is 5.01 Å². The van der Waals surface area contributed by atoms with Crippen LogP contribution in [0.2, 0.25) is 0 Å². The molecule has 1 aromatic heterocycles. The first-order valence-electron chi connectivity index (χ1n) is 8.86. The Balaban J connectivity index is 1.94. The molecule has 1 atom stereocenters. The lowest BCUT2D eigenvalue weighted by Crippen LogP contribution is -2.29. The largest absolute Gasteiger partial charge is 0.493 e. The molecule has 2 heterocycles. The van der Waals surface area contributed by atoms with Crippen molar-refractivity contribution in [2.45, 2.75) is 19.4 Å². The van der Waals surface area contributed by atoms with Gasteiger partial charge < -0.3 is 19.6 Å². The number of aromatic nitrogens is 2. The SMILES string of the molecule is COc1cc2c(cc1OC)C(c1ccc(N)cc1)=NN(c1nnco1)C(C)C2. The topological polar surface area (TPSA) is 99.0 Å². The average molecular weight is 379 g/mol. The van der Waals surface area contributed by atoms with Crippen LogP contribution in [-0.2, 0) is 6.42 Å². The maximum atomic E-state index is 5.87. The second-order valence-corrected chi connectivity index (χ2v) is 6.55. The van der Waals surface area contributed by atoms with E-state index in [-0.39, 0.29) is 6.04 Å². The van der Waals surface area contributed by atoms with Crippen molar-refractivity contribution in [3.8, 4) is 11.5 Å². The Morgan fingerprint density at radius 1 is 1.11 bits per heavy atom. The highest BCUT2D eigenvalue weighted by Gasteiger charge is 2.28. The molecule has 0 saturated heterocycles. The summed E-state index contributed by atoms with van der Waals surface area (Å²) in [5.74, 6) is 1.32. The third kappa shape index (κ3) is 3.13. The number of anilines is 2. The Hall–Kier alpha value is -3.55. The van der Waals surface area contributed by atoms with Crippen LogP contribution in [0.1, 0.15) is 23.6 Å². The smallest absolute Gasteiger partial charge is 0.339 e. The summed E-state index contributed by atoms with van der Waals surface area (Å²) in [6.07, 6.45) is 2.00. The van der Waals surface area contributed by atoms with E-state index in [0.717, 1.165) is 22.4 Å². The number of benzene rings is 2. The molecule has 144 valence electrons. The van der Waals surface area contributed by atoms with Gasteiger partial charge in [-0.15, -0.1) is 5.10 Å². The van der Waals surface area contributed by atoms with E-state index < -0.39 is 0 Å². The van der Waals surface area contributed by atoms with Crippen LogP contribution in [-0.4, -0.2) is 36.2 Å². The summed E-state index contributed by atoms with van der Waals surface area (Å²) in [7, 11) is 3.25. The number of fused-ring (bicyclic) bond motifs is 1. The van der Waals surface area contributed by atoms with E-state index in [1.807, 2.05) is 36.4 Å². The highest BCUT2D eigenvalue weighted by atomic mass is 16.5. The van der Waals surface area contributed by atoms with E-state index >= 15 is 0 Å². The minimum Gasteiger partial charge on any atom is -0.493 e. The van der Waals surface area contributed by atoms with Crippen LogP contribution < -0.4 is 20.2 Å². The minimum atomic E-state index is -0.0106. The maximum Gasteiger partial charge on any atom is 0.339 e. The molecule has 8 heteroatoms. The molecule has 3 aromatic rings. The molecular formula is C20H21N5O3. The van der Waals surface area contributed by atoms with Crippen molar-refractivity contribution in [3.63, 3.8) is 0 Å². The second-order valence-electron chi connectivity index (χ2n) is 6.55. The lowest BCUT2D eigenvalue weighted by Gasteiger charge is -2.20. The lowest BCUT2D eigenvalue weighted by atomic mass is 9.94. The van der Waals surface area contributed by atoms with Crippen molar-refractivity contribution in [2.75, 3.05) is 25.0 Å². The van der Waals surface area contributed by atoms with Gasteiger partial charge in [-0.05, 0) is 43.2 Å². The zero-order valence-corrected chi connectivity index (χ0v) is 15.9. The number of ether oxygens (including phenoxy) is 2. The molecule has 2 aromatic carbocycles. The van der Waals surface area contributed by atoms with E-state index in [4.69, 9.17) is 24.7 Å². The van der Waals surface area contributed by atoms with Gasteiger partial charge >= 0.3 is 6.01 Å². The fraction of sp³-hybridized carbons (Fsp3) is 0.250. The van der Waals surface area contributed by atoms with Gasteiger partial charge in [-0.2, -0.15) is 5.10 Å². The number of hydrogen-bond donors (Lipinski definition) is 1. The standard InChI is InChI=1S/C20H21N5O3/c1-12-8-14-9-17(26-2)18(27-3)10-16(14)19(13-4-6-15(21)7-5-13)24-25(12)20-23-22-11-28-20/h4-7,9-12H,8,21H2,1-3H3. The number of nitrogens with two attached hydrogens (primary N) is 1. The Labute approximate surface area is 162 Å². The number of hydrazone groups is 1. The molecule has 28 heavy (non-hydrogen) atoms. The summed E-state index contributed by atoms with van der Waals surface area (Å²) < 4.78 is 16.4. The average Bonchev–Trinajstić information content (AvgIpc) is 3.19. The number of rotatable bonds is 4. The first kappa shape index (κ1) is 17.8. The van der Waals surface area contributed by atoms with E-state index in [1.165, 1.54) is 6.39 Å². The fourth-order valence-corrected chi connectivity index (χ4v) is 3.33. The Bertz CT molecular complexity index is 999. The number of nitrogen functional groups attached to an aromatic ring is 1. The van der Waals surface area contributed by atoms with Crippen LogP contribution in [0.5, 0.6) is 11.5 Å². The van der Waals surface area contributed by atoms with Crippen molar-refractivity contribution in [2.24, 2.45) is 5.10 Å². The highest BCUT2D eigenvalue weighted by Crippen LogP contribution is 2.35. The summed E-state index contributed by atoms with van der Waals surface area (Å²) >= 11 is 0. The predicted octanol–water partition coefficient (Wildman–Crippen LogP) is 2.87. The highest BCUT2D eigenvalue weighted by molar-refractivity contribution is 6.14. The number of hydrogen-bond acceptors (Lipinski definition) is 8. The van der Waals surface area contributed by atoms with Crippen molar-refractivity contribution in [1.82, 2.24) is 10.2 Å². The summed E-state index contributed by atoms with van der Waals surface area (Å²) in [5.41, 5.74) is 10.3. The van der Waals surface area contributed by atoms with Crippen LogP contribution in [0.15, 0.2) is 52.3 Å². The first-order chi connectivity index (χ1) is 13.6. The van der Waals surface area contributed by atoms with Gasteiger partial charge in [0.1, 0.15) is 0 Å². The Morgan fingerprint density at radius 3 is 2.46 bits per heavy atom. The summed E-state index contributed by atoms with van der Waals surface area (Å²) in [6.45, 7) is 2.06. The van der Waals surface area contributed by atoms with Gasteiger partial charge in [0.2, 0.25) is 6.39 Å². The van der Waals surface area contributed by atoms with Crippen molar-refractivity contribution < 1.29 is 13.9 Å². The zero-order valence-electron chi connectivity index (χ0n) is 15.9.